The van der Waals surface area contributed by atoms with Crippen molar-refractivity contribution in [1.82, 2.24) is 4.90 Å². The molecular weight excluding hydrogens is 598 g/mol. The van der Waals surface area contributed by atoms with Gasteiger partial charge < -0.3 is 9.84 Å². The van der Waals surface area contributed by atoms with E-state index in [4.69, 9.17) is 4.74 Å². The van der Waals surface area contributed by atoms with Gasteiger partial charge in [0.25, 0.3) is 0 Å². The van der Waals surface area contributed by atoms with Gasteiger partial charge in [0.15, 0.2) is 0 Å². The molecule has 6 rings (SSSR count). The first-order valence-corrected chi connectivity index (χ1v) is 16.0. The first-order chi connectivity index (χ1) is 19.8. The largest absolute Gasteiger partial charge is 0.507 e. The van der Waals surface area contributed by atoms with Crippen LogP contribution in [-0.2, 0) is 20.9 Å². The molecule has 4 atom stereocenters. The van der Waals surface area contributed by atoms with E-state index < -0.39 is 0 Å². The summed E-state index contributed by atoms with van der Waals surface area (Å²) >= 11 is 5.10. The standard InChI is InChI=1S/C34H34BrNO4S/c1-20(2)26-17-27-32(34(39)36(33(27)38)18-25-9-6-14-41-25)28-19-40-30(31(26)28)13-10-22(21-7-4-3-5-8-21)15-23-16-24(35)11-12-29(23)37/h3-9,11-12,14-16,20,27-28,30,32,37H,10,13,17-19H2,1-2H3/b22-15-/t27-,28+,30-,32-/m1/s1. The number of phenols is 1. The summed E-state index contributed by atoms with van der Waals surface area (Å²) in [6.07, 6.45) is 4.09. The lowest BCUT2D eigenvalue weighted by Crippen LogP contribution is -2.35. The van der Waals surface area contributed by atoms with Gasteiger partial charge in [-0.3, -0.25) is 14.5 Å². The van der Waals surface area contributed by atoms with Crippen LogP contribution in [-0.4, -0.2) is 34.5 Å². The Morgan fingerprint density at radius 3 is 2.63 bits per heavy atom. The van der Waals surface area contributed by atoms with Gasteiger partial charge in [0.05, 0.1) is 31.1 Å². The number of ether oxygens (including phenoxy) is 1. The molecule has 0 saturated carbocycles. The summed E-state index contributed by atoms with van der Waals surface area (Å²) in [5.74, 6) is -0.259. The van der Waals surface area contributed by atoms with Crippen molar-refractivity contribution in [3.63, 3.8) is 0 Å². The third kappa shape index (κ3) is 5.47. The van der Waals surface area contributed by atoms with E-state index in [0.717, 1.165) is 38.9 Å². The minimum absolute atomic E-state index is 0.0304. The SMILES string of the molecule is CC(C)C1=C2[C@@H](CC/C(=C/c3cc(Br)ccc3O)c3ccccc3)OC[C@@H]2[C@@H]2C(=O)N(Cc3cccs3)C(=O)[C@@H]2C1. The van der Waals surface area contributed by atoms with E-state index in [-0.39, 0.29) is 47.3 Å². The molecule has 3 aliphatic rings. The molecule has 3 heterocycles. The van der Waals surface area contributed by atoms with Gasteiger partial charge in [-0.25, -0.2) is 0 Å². The summed E-state index contributed by atoms with van der Waals surface area (Å²) in [5.41, 5.74) is 5.50. The fraction of sp³-hybridized carbons (Fsp3) is 0.353. The molecule has 1 N–H and O–H groups in total. The minimum Gasteiger partial charge on any atom is -0.507 e. The van der Waals surface area contributed by atoms with Crippen molar-refractivity contribution in [3.05, 3.63) is 97.7 Å². The first-order valence-electron chi connectivity index (χ1n) is 14.3. The molecule has 212 valence electrons. The van der Waals surface area contributed by atoms with E-state index in [1.54, 1.807) is 17.4 Å². The zero-order valence-corrected chi connectivity index (χ0v) is 25.7. The quantitative estimate of drug-likeness (QED) is 0.157. The number of thiophene rings is 1. The number of fused-ring (bicyclic) bond motifs is 3. The maximum atomic E-state index is 13.7. The highest BCUT2D eigenvalue weighted by atomic mass is 79.9. The minimum atomic E-state index is -0.340. The van der Waals surface area contributed by atoms with Crippen LogP contribution in [0.15, 0.2) is 81.7 Å². The van der Waals surface area contributed by atoms with Crippen molar-refractivity contribution in [1.29, 1.82) is 0 Å². The number of likely N-dealkylation sites (tertiary alicyclic amines) is 1. The Morgan fingerprint density at radius 2 is 1.90 bits per heavy atom. The number of amides is 2. The summed E-state index contributed by atoms with van der Waals surface area (Å²) < 4.78 is 7.38. The van der Waals surface area contributed by atoms with Crippen LogP contribution in [0.5, 0.6) is 5.75 Å². The molecule has 0 unspecified atom stereocenters. The first kappa shape index (κ1) is 28.1. The van der Waals surface area contributed by atoms with Crippen LogP contribution >= 0.6 is 27.3 Å². The molecule has 0 spiro atoms. The zero-order chi connectivity index (χ0) is 28.7. The van der Waals surface area contributed by atoms with Crippen LogP contribution in [0.3, 0.4) is 0 Å². The van der Waals surface area contributed by atoms with E-state index in [2.05, 4.69) is 48.0 Å². The van der Waals surface area contributed by atoms with Crippen molar-refractivity contribution in [2.24, 2.45) is 23.7 Å². The van der Waals surface area contributed by atoms with Gasteiger partial charge in [-0.2, -0.15) is 0 Å². The lowest BCUT2D eigenvalue weighted by atomic mass is 9.67. The van der Waals surface area contributed by atoms with Gasteiger partial charge in [0.1, 0.15) is 5.75 Å². The molecule has 0 bridgehead atoms. The number of imide groups is 1. The highest BCUT2D eigenvalue weighted by molar-refractivity contribution is 9.10. The summed E-state index contributed by atoms with van der Waals surface area (Å²) in [6.45, 7) is 5.20. The van der Waals surface area contributed by atoms with Crippen LogP contribution < -0.4 is 0 Å². The van der Waals surface area contributed by atoms with Gasteiger partial charge in [-0.05, 0) is 77.6 Å². The summed E-state index contributed by atoms with van der Waals surface area (Å²) in [5, 5.41) is 12.5. The maximum Gasteiger partial charge on any atom is 0.234 e. The van der Waals surface area contributed by atoms with Gasteiger partial charge >= 0.3 is 0 Å². The van der Waals surface area contributed by atoms with E-state index in [1.807, 2.05) is 47.8 Å². The zero-order valence-electron chi connectivity index (χ0n) is 23.3. The molecule has 1 aliphatic carbocycles. The number of aromatic hydroxyl groups is 1. The van der Waals surface area contributed by atoms with Crippen molar-refractivity contribution >= 4 is 50.7 Å². The molecule has 2 aromatic carbocycles. The predicted octanol–water partition coefficient (Wildman–Crippen LogP) is 7.71. The summed E-state index contributed by atoms with van der Waals surface area (Å²) in [4.78, 5) is 29.8. The van der Waals surface area contributed by atoms with Gasteiger partial charge in [0, 0.05) is 20.8 Å². The maximum absolute atomic E-state index is 13.7. The number of carbonyl (C=O) groups is 2. The number of benzene rings is 2. The lowest BCUT2D eigenvalue weighted by Gasteiger charge is -2.33. The normalized spacial score (nSPS) is 24.4. The van der Waals surface area contributed by atoms with Crippen molar-refractivity contribution in [3.8, 4) is 5.75 Å². The Kier molecular flexibility index (Phi) is 8.03. The van der Waals surface area contributed by atoms with Crippen molar-refractivity contribution in [2.45, 2.75) is 45.8 Å². The summed E-state index contributed by atoms with van der Waals surface area (Å²) in [7, 11) is 0. The molecule has 0 radical (unpaired) electrons. The van der Waals surface area contributed by atoms with E-state index >= 15 is 0 Å². The number of rotatable bonds is 8. The van der Waals surface area contributed by atoms with E-state index in [1.165, 1.54) is 16.0 Å². The van der Waals surface area contributed by atoms with Gasteiger partial charge in [0.2, 0.25) is 11.8 Å². The monoisotopic (exact) mass is 631 g/mol. The average Bonchev–Trinajstić information content (AvgIpc) is 3.69. The number of phenolic OH excluding ortho intramolecular Hbond substituents is 1. The molecule has 2 aliphatic heterocycles. The molecule has 3 aromatic rings. The molecule has 7 heteroatoms. The Bertz CT molecular complexity index is 1510. The molecule has 1 aromatic heterocycles. The second-order valence-corrected chi connectivity index (χ2v) is 13.5. The third-order valence-electron chi connectivity index (χ3n) is 8.77. The smallest absolute Gasteiger partial charge is 0.234 e. The predicted molar refractivity (Wildman–Crippen MR) is 166 cm³/mol. The van der Waals surface area contributed by atoms with Crippen LogP contribution in [0.2, 0.25) is 0 Å². The van der Waals surface area contributed by atoms with Gasteiger partial charge in [-0.1, -0.05) is 71.7 Å². The Balaban J connectivity index is 1.28. The Morgan fingerprint density at radius 1 is 1.10 bits per heavy atom. The fourth-order valence-electron chi connectivity index (χ4n) is 6.81. The lowest BCUT2D eigenvalue weighted by molar-refractivity contribution is -0.140. The molecule has 2 saturated heterocycles. The van der Waals surface area contributed by atoms with Crippen LogP contribution in [0.4, 0.5) is 0 Å². The number of allylic oxidation sites excluding steroid dienone is 2. The fourth-order valence-corrected chi connectivity index (χ4v) is 7.88. The second-order valence-electron chi connectivity index (χ2n) is 11.5. The van der Waals surface area contributed by atoms with E-state index in [0.29, 0.717) is 19.6 Å². The average molecular weight is 633 g/mol. The third-order valence-corrected chi connectivity index (χ3v) is 10.1. The number of hydrogen-bond donors (Lipinski definition) is 1. The molecular formula is C34H34BrNO4S. The topological polar surface area (TPSA) is 66.8 Å². The molecule has 2 amide bonds. The number of halogens is 1. The molecule has 41 heavy (non-hydrogen) atoms. The van der Waals surface area contributed by atoms with Crippen LogP contribution in [0.25, 0.3) is 11.6 Å². The van der Waals surface area contributed by atoms with Crippen molar-refractivity contribution < 1.29 is 19.4 Å². The number of hydrogen-bond acceptors (Lipinski definition) is 5. The Hall–Kier alpha value is -3.00. The van der Waals surface area contributed by atoms with Crippen LogP contribution in [0.1, 0.15) is 49.1 Å². The number of nitrogens with zero attached hydrogens (tertiary/aromatic N) is 1. The molecule has 5 nitrogen and oxygen atoms in total. The number of carbonyl (C=O) groups excluding carboxylic acids is 2. The highest BCUT2D eigenvalue weighted by Gasteiger charge is 2.57. The van der Waals surface area contributed by atoms with Gasteiger partial charge in [-0.15, -0.1) is 11.3 Å². The van der Waals surface area contributed by atoms with E-state index in [9.17, 15) is 14.7 Å². The Labute approximate surface area is 253 Å². The molecule has 2 fully saturated rings. The van der Waals surface area contributed by atoms with Crippen LogP contribution in [0, 0.1) is 23.7 Å². The second kappa shape index (κ2) is 11.7. The van der Waals surface area contributed by atoms with Crippen molar-refractivity contribution in [2.75, 3.05) is 6.61 Å². The summed E-state index contributed by atoms with van der Waals surface area (Å²) in [6, 6.07) is 19.6. The highest BCUT2D eigenvalue weighted by Crippen LogP contribution is 2.51.